The molecule has 5 heteroatoms. The van der Waals surface area contributed by atoms with Crippen LogP contribution >= 0.6 is 23.2 Å². The number of hydrogen-bond acceptors (Lipinski definition) is 1. The van der Waals surface area contributed by atoms with Crippen molar-refractivity contribution in [1.82, 2.24) is 5.32 Å². The summed E-state index contributed by atoms with van der Waals surface area (Å²) >= 11 is 11.9. The van der Waals surface area contributed by atoms with Gasteiger partial charge in [0.2, 0.25) is 5.91 Å². The highest BCUT2D eigenvalue weighted by Crippen LogP contribution is 2.23. The molecule has 0 heterocycles. The van der Waals surface area contributed by atoms with E-state index in [2.05, 4.69) is 19.4 Å². The van der Waals surface area contributed by atoms with Crippen molar-refractivity contribution >= 4 is 35.2 Å². The molecule has 0 aliphatic carbocycles. The molecule has 0 unspecified atom stereocenters. The summed E-state index contributed by atoms with van der Waals surface area (Å²) in [5, 5.41) is 4.02. The van der Waals surface area contributed by atoms with Crippen LogP contribution in [0.3, 0.4) is 0 Å². The molecule has 1 amide bonds. The van der Waals surface area contributed by atoms with Crippen LogP contribution in [0, 0.1) is 0 Å². The molecular formula is C19H21Cl2N2O+. The molecule has 1 atom stereocenters. The second-order valence-corrected chi connectivity index (χ2v) is 6.70. The SMILES string of the molecule is C[NH+](C)C[C@@H](NC(=O)/C=C/c1ccc(Cl)c(Cl)c1)c1ccccc1. The van der Waals surface area contributed by atoms with Gasteiger partial charge >= 0.3 is 0 Å². The molecule has 0 aliphatic rings. The van der Waals surface area contributed by atoms with Crippen LogP contribution in [0.1, 0.15) is 17.2 Å². The number of halogens is 2. The first-order valence-electron chi connectivity index (χ1n) is 7.73. The third kappa shape index (κ3) is 5.68. The van der Waals surface area contributed by atoms with Crippen molar-refractivity contribution < 1.29 is 9.69 Å². The zero-order valence-electron chi connectivity index (χ0n) is 13.7. The number of hydrogen-bond donors (Lipinski definition) is 2. The Morgan fingerprint density at radius 3 is 2.46 bits per heavy atom. The summed E-state index contributed by atoms with van der Waals surface area (Å²) in [5.41, 5.74) is 1.92. The number of quaternary nitrogens is 1. The van der Waals surface area contributed by atoms with Crippen LogP contribution in [0.25, 0.3) is 6.08 Å². The fourth-order valence-corrected chi connectivity index (χ4v) is 2.66. The average Bonchev–Trinajstić information content (AvgIpc) is 2.56. The third-order valence-electron chi connectivity index (χ3n) is 3.50. The molecule has 0 bridgehead atoms. The molecule has 0 aliphatic heterocycles. The van der Waals surface area contributed by atoms with Gasteiger partial charge in [0, 0.05) is 6.08 Å². The molecule has 24 heavy (non-hydrogen) atoms. The Balaban J connectivity index is 2.07. The largest absolute Gasteiger partial charge is 0.340 e. The molecular weight excluding hydrogens is 343 g/mol. The summed E-state index contributed by atoms with van der Waals surface area (Å²) in [7, 11) is 4.13. The first-order valence-corrected chi connectivity index (χ1v) is 8.49. The van der Waals surface area contributed by atoms with Gasteiger partial charge in [0.1, 0.15) is 12.6 Å². The second kappa shape index (κ2) is 8.88. The zero-order valence-corrected chi connectivity index (χ0v) is 15.2. The molecule has 0 spiro atoms. The van der Waals surface area contributed by atoms with E-state index < -0.39 is 0 Å². The number of nitrogens with one attached hydrogen (secondary N) is 2. The lowest BCUT2D eigenvalue weighted by molar-refractivity contribution is -0.860. The summed E-state index contributed by atoms with van der Waals surface area (Å²) < 4.78 is 0. The van der Waals surface area contributed by atoms with Gasteiger partial charge in [-0.1, -0.05) is 59.6 Å². The van der Waals surface area contributed by atoms with Crippen molar-refractivity contribution in [2.24, 2.45) is 0 Å². The van der Waals surface area contributed by atoms with Crippen molar-refractivity contribution in [2.45, 2.75) is 6.04 Å². The number of rotatable bonds is 6. The minimum Gasteiger partial charge on any atom is -0.340 e. The van der Waals surface area contributed by atoms with Crippen LogP contribution in [-0.2, 0) is 4.79 Å². The van der Waals surface area contributed by atoms with Gasteiger partial charge in [-0.25, -0.2) is 0 Å². The van der Waals surface area contributed by atoms with Crippen LogP contribution in [0.4, 0.5) is 0 Å². The van der Waals surface area contributed by atoms with E-state index in [0.717, 1.165) is 17.7 Å². The highest BCUT2D eigenvalue weighted by atomic mass is 35.5. The minimum absolute atomic E-state index is 0.0397. The standard InChI is InChI=1S/C19H20Cl2N2O/c1-23(2)13-18(15-6-4-3-5-7-15)22-19(24)11-9-14-8-10-16(20)17(21)12-14/h3-12,18H,13H2,1-2H3,(H,22,24)/p+1/b11-9+/t18-/m1/s1. The van der Waals surface area contributed by atoms with Crippen LogP contribution in [-0.4, -0.2) is 26.5 Å². The minimum atomic E-state index is -0.142. The number of benzene rings is 2. The third-order valence-corrected chi connectivity index (χ3v) is 4.24. The molecule has 0 radical (unpaired) electrons. The number of likely N-dealkylation sites (N-methyl/N-ethyl adjacent to an activating group) is 1. The predicted octanol–water partition coefficient (Wildman–Crippen LogP) is 3.01. The van der Waals surface area contributed by atoms with Gasteiger partial charge in [0.25, 0.3) is 0 Å². The smallest absolute Gasteiger partial charge is 0.244 e. The quantitative estimate of drug-likeness (QED) is 0.760. The van der Waals surface area contributed by atoms with Crippen LogP contribution in [0.2, 0.25) is 10.0 Å². The Bertz CT molecular complexity index is 715. The van der Waals surface area contributed by atoms with Gasteiger partial charge in [-0.05, 0) is 29.3 Å². The van der Waals surface area contributed by atoms with Gasteiger partial charge in [-0.15, -0.1) is 0 Å². The summed E-state index contributed by atoms with van der Waals surface area (Å²) in [6, 6.07) is 15.2. The Hall–Kier alpha value is -1.81. The lowest BCUT2D eigenvalue weighted by Gasteiger charge is -2.20. The normalized spacial score (nSPS) is 12.5. The average molecular weight is 364 g/mol. The van der Waals surface area contributed by atoms with E-state index in [9.17, 15) is 4.79 Å². The van der Waals surface area contributed by atoms with E-state index in [1.54, 1.807) is 18.2 Å². The van der Waals surface area contributed by atoms with E-state index in [-0.39, 0.29) is 11.9 Å². The fourth-order valence-electron chi connectivity index (χ4n) is 2.35. The van der Waals surface area contributed by atoms with Crippen molar-refractivity contribution in [2.75, 3.05) is 20.6 Å². The topological polar surface area (TPSA) is 33.5 Å². The maximum atomic E-state index is 12.3. The Kier molecular flexibility index (Phi) is 6.85. The van der Waals surface area contributed by atoms with Crippen molar-refractivity contribution in [1.29, 1.82) is 0 Å². The van der Waals surface area contributed by atoms with Gasteiger partial charge < -0.3 is 10.2 Å². The van der Waals surface area contributed by atoms with Crippen molar-refractivity contribution in [3.05, 3.63) is 75.8 Å². The molecule has 2 rings (SSSR count). The van der Waals surface area contributed by atoms with Crippen molar-refractivity contribution in [3.63, 3.8) is 0 Å². The maximum absolute atomic E-state index is 12.3. The van der Waals surface area contributed by atoms with Crippen LogP contribution in [0.15, 0.2) is 54.6 Å². The molecule has 0 fully saturated rings. The summed E-state index contributed by atoms with van der Waals surface area (Å²) in [6.07, 6.45) is 3.24. The fraction of sp³-hybridized carbons (Fsp3) is 0.211. The highest BCUT2D eigenvalue weighted by molar-refractivity contribution is 6.42. The Morgan fingerprint density at radius 1 is 1.12 bits per heavy atom. The molecule has 2 N–H and O–H groups in total. The van der Waals surface area contributed by atoms with Gasteiger partial charge in [-0.2, -0.15) is 0 Å². The molecule has 2 aromatic rings. The van der Waals surface area contributed by atoms with Crippen LogP contribution in [0.5, 0.6) is 0 Å². The molecule has 3 nitrogen and oxygen atoms in total. The van der Waals surface area contributed by atoms with Gasteiger partial charge in [0.15, 0.2) is 0 Å². The lowest BCUT2D eigenvalue weighted by atomic mass is 10.1. The second-order valence-electron chi connectivity index (χ2n) is 5.89. The van der Waals surface area contributed by atoms with Crippen molar-refractivity contribution in [3.8, 4) is 0 Å². The molecule has 0 saturated carbocycles. The van der Waals surface area contributed by atoms with Crippen LogP contribution < -0.4 is 10.2 Å². The molecule has 126 valence electrons. The van der Waals surface area contributed by atoms with E-state index in [4.69, 9.17) is 23.2 Å². The number of amides is 1. The molecule has 0 saturated heterocycles. The van der Waals surface area contributed by atoms with E-state index >= 15 is 0 Å². The first kappa shape index (κ1) is 18.5. The Morgan fingerprint density at radius 2 is 1.83 bits per heavy atom. The zero-order chi connectivity index (χ0) is 17.5. The van der Waals surface area contributed by atoms with E-state index in [1.165, 1.54) is 11.0 Å². The number of carbonyl (C=O) groups excluding carboxylic acids is 1. The summed E-state index contributed by atoms with van der Waals surface area (Å²) in [5.74, 6) is -0.142. The number of carbonyl (C=O) groups is 1. The highest BCUT2D eigenvalue weighted by Gasteiger charge is 2.16. The monoisotopic (exact) mass is 363 g/mol. The van der Waals surface area contributed by atoms with E-state index in [1.807, 2.05) is 36.4 Å². The summed E-state index contributed by atoms with van der Waals surface area (Å²) in [4.78, 5) is 13.5. The van der Waals surface area contributed by atoms with E-state index in [0.29, 0.717) is 10.0 Å². The van der Waals surface area contributed by atoms with Gasteiger partial charge in [0.05, 0.1) is 24.1 Å². The Labute approximate surface area is 152 Å². The lowest BCUT2D eigenvalue weighted by Crippen LogP contribution is -3.06. The molecule has 0 aromatic heterocycles. The molecule has 2 aromatic carbocycles. The first-order chi connectivity index (χ1) is 11.5. The maximum Gasteiger partial charge on any atom is 0.244 e. The van der Waals surface area contributed by atoms with Gasteiger partial charge in [-0.3, -0.25) is 4.79 Å². The summed E-state index contributed by atoms with van der Waals surface area (Å²) in [6.45, 7) is 0.802. The predicted molar refractivity (Wildman–Crippen MR) is 100 cm³/mol.